The van der Waals surface area contributed by atoms with E-state index < -0.39 is 28.5 Å². The Kier molecular flexibility index (Phi) is 11.2. The quantitative estimate of drug-likeness (QED) is 0.177. The van der Waals surface area contributed by atoms with Gasteiger partial charge in [0, 0.05) is 28.5 Å². The van der Waals surface area contributed by atoms with Gasteiger partial charge in [0.25, 0.3) is 10.0 Å². The van der Waals surface area contributed by atoms with Gasteiger partial charge in [0.2, 0.25) is 11.8 Å². The highest BCUT2D eigenvalue weighted by atomic mass is 79.9. The maximum atomic E-state index is 14.4. The van der Waals surface area contributed by atoms with Crippen molar-refractivity contribution in [3.05, 3.63) is 129 Å². The zero-order chi connectivity index (χ0) is 31.9. The van der Waals surface area contributed by atoms with Crippen LogP contribution in [0.2, 0.25) is 5.02 Å². The summed E-state index contributed by atoms with van der Waals surface area (Å²) < 4.78 is 30.0. The standard InChI is InChI=1S/C34H35BrClN3O4S/c1-24(2)37-34(41)32(21-26-8-5-4-6-9-26)38(22-27-10-7-11-29(36)20-27)33(40)23-39(30-16-14-28(35)15-17-30)44(42,43)31-18-12-25(3)13-19-31/h4-20,24,32H,21-23H2,1-3H3,(H,37,41)/t32-/m1/s1. The van der Waals surface area contributed by atoms with Gasteiger partial charge in [0.05, 0.1) is 10.6 Å². The summed E-state index contributed by atoms with van der Waals surface area (Å²) in [6, 6.07) is 28.6. The fourth-order valence-corrected chi connectivity index (χ4v) is 6.63. The lowest BCUT2D eigenvalue weighted by atomic mass is 10.0. The van der Waals surface area contributed by atoms with E-state index in [-0.39, 0.29) is 29.8 Å². The van der Waals surface area contributed by atoms with Gasteiger partial charge in [-0.15, -0.1) is 0 Å². The van der Waals surface area contributed by atoms with E-state index in [1.54, 1.807) is 54.6 Å². The van der Waals surface area contributed by atoms with E-state index >= 15 is 0 Å². The van der Waals surface area contributed by atoms with Crippen molar-refractivity contribution in [3.63, 3.8) is 0 Å². The van der Waals surface area contributed by atoms with Crippen molar-refractivity contribution >= 4 is 55.1 Å². The second-order valence-electron chi connectivity index (χ2n) is 10.8. The maximum Gasteiger partial charge on any atom is 0.264 e. The van der Waals surface area contributed by atoms with Crippen molar-refractivity contribution in [3.8, 4) is 0 Å². The molecule has 10 heteroatoms. The first-order chi connectivity index (χ1) is 20.9. The van der Waals surface area contributed by atoms with Crippen molar-refractivity contribution in [2.45, 2.75) is 50.7 Å². The zero-order valence-corrected chi connectivity index (χ0v) is 27.9. The smallest absolute Gasteiger partial charge is 0.264 e. The lowest BCUT2D eigenvalue weighted by molar-refractivity contribution is -0.140. The third kappa shape index (κ3) is 8.71. The molecule has 4 aromatic rings. The predicted octanol–water partition coefficient (Wildman–Crippen LogP) is 6.77. The Morgan fingerprint density at radius 3 is 2.11 bits per heavy atom. The van der Waals surface area contributed by atoms with E-state index in [1.165, 1.54) is 17.0 Å². The molecule has 0 aliphatic carbocycles. The number of sulfonamides is 1. The minimum Gasteiger partial charge on any atom is -0.352 e. The number of carbonyl (C=O) groups excluding carboxylic acids is 2. The Bertz CT molecular complexity index is 1680. The molecule has 0 bridgehead atoms. The van der Waals surface area contributed by atoms with Gasteiger partial charge in [-0.25, -0.2) is 8.42 Å². The third-order valence-electron chi connectivity index (χ3n) is 6.95. The molecule has 230 valence electrons. The predicted molar refractivity (Wildman–Crippen MR) is 179 cm³/mol. The molecule has 0 aliphatic heterocycles. The number of halogens is 2. The Morgan fingerprint density at radius 2 is 1.50 bits per heavy atom. The molecule has 0 aliphatic rings. The van der Waals surface area contributed by atoms with Crippen molar-refractivity contribution in [2.75, 3.05) is 10.8 Å². The number of amides is 2. The van der Waals surface area contributed by atoms with Crippen LogP contribution in [0.25, 0.3) is 0 Å². The van der Waals surface area contributed by atoms with Crippen LogP contribution in [0.3, 0.4) is 0 Å². The molecule has 0 radical (unpaired) electrons. The average molecular weight is 697 g/mol. The Labute approximate surface area is 273 Å². The lowest BCUT2D eigenvalue weighted by Gasteiger charge is -2.34. The fraction of sp³-hybridized carbons (Fsp3) is 0.235. The Hall–Kier alpha value is -3.66. The van der Waals surface area contributed by atoms with E-state index in [1.807, 2.05) is 57.2 Å². The highest BCUT2D eigenvalue weighted by molar-refractivity contribution is 9.10. The van der Waals surface area contributed by atoms with Crippen LogP contribution in [0.4, 0.5) is 5.69 Å². The van der Waals surface area contributed by atoms with Gasteiger partial charge in [0.15, 0.2) is 0 Å². The molecule has 0 spiro atoms. The average Bonchev–Trinajstić information content (AvgIpc) is 2.98. The minimum absolute atomic E-state index is 0.0428. The summed E-state index contributed by atoms with van der Waals surface area (Å²) in [6.07, 6.45) is 0.231. The number of hydrogen-bond acceptors (Lipinski definition) is 4. The van der Waals surface area contributed by atoms with Gasteiger partial charge < -0.3 is 10.2 Å². The molecule has 0 saturated heterocycles. The molecule has 0 heterocycles. The molecular weight excluding hydrogens is 662 g/mol. The first kappa shape index (κ1) is 33.2. The number of nitrogens with one attached hydrogen (secondary N) is 1. The number of hydrogen-bond donors (Lipinski definition) is 1. The number of carbonyl (C=O) groups is 2. The summed E-state index contributed by atoms with van der Waals surface area (Å²) in [7, 11) is -4.17. The molecule has 4 rings (SSSR count). The molecule has 7 nitrogen and oxygen atoms in total. The van der Waals surface area contributed by atoms with Gasteiger partial charge in [-0.3, -0.25) is 13.9 Å². The van der Waals surface area contributed by atoms with Gasteiger partial charge in [-0.2, -0.15) is 0 Å². The van der Waals surface area contributed by atoms with Crippen LogP contribution < -0.4 is 9.62 Å². The molecule has 1 atom stereocenters. The van der Waals surface area contributed by atoms with E-state index in [2.05, 4.69) is 21.2 Å². The van der Waals surface area contributed by atoms with Crippen LogP contribution in [-0.2, 0) is 32.6 Å². The van der Waals surface area contributed by atoms with Crippen molar-refractivity contribution in [2.24, 2.45) is 0 Å². The Balaban J connectivity index is 1.80. The van der Waals surface area contributed by atoms with E-state index in [0.29, 0.717) is 16.3 Å². The van der Waals surface area contributed by atoms with Crippen LogP contribution in [0.15, 0.2) is 112 Å². The normalized spacial score (nSPS) is 12.0. The van der Waals surface area contributed by atoms with Crippen LogP contribution in [0.1, 0.15) is 30.5 Å². The van der Waals surface area contributed by atoms with E-state index in [4.69, 9.17) is 11.6 Å². The van der Waals surface area contributed by atoms with E-state index in [0.717, 1.165) is 19.9 Å². The summed E-state index contributed by atoms with van der Waals surface area (Å²) >= 11 is 9.69. The first-order valence-electron chi connectivity index (χ1n) is 14.2. The lowest BCUT2D eigenvalue weighted by Crippen LogP contribution is -2.54. The molecule has 44 heavy (non-hydrogen) atoms. The minimum atomic E-state index is -4.17. The van der Waals surface area contributed by atoms with Crippen LogP contribution in [0.5, 0.6) is 0 Å². The van der Waals surface area contributed by atoms with Gasteiger partial charge >= 0.3 is 0 Å². The molecule has 0 unspecified atom stereocenters. The second kappa shape index (κ2) is 14.9. The van der Waals surface area contributed by atoms with Crippen molar-refractivity contribution in [1.29, 1.82) is 0 Å². The number of benzene rings is 4. The van der Waals surface area contributed by atoms with Gasteiger partial charge in [-0.1, -0.05) is 87.7 Å². The number of rotatable bonds is 12. The highest BCUT2D eigenvalue weighted by Crippen LogP contribution is 2.27. The summed E-state index contributed by atoms with van der Waals surface area (Å²) in [5.41, 5.74) is 2.79. The Morgan fingerprint density at radius 1 is 0.864 bits per heavy atom. The molecular formula is C34H35BrClN3O4S. The topological polar surface area (TPSA) is 86.8 Å². The van der Waals surface area contributed by atoms with Gasteiger partial charge in [-0.05, 0) is 80.4 Å². The molecule has 0 saturated carbocycles. The zero-order valence-electron chi connectivity index (χ0n) is 24.8. The summed E-state index contributed by atoms with van der Waals surface area (Å²) in [5.74, 6) is -0.876. The molecule has 0 aromatic heterocycles. The summed E-state index contributed by atoms with van der Waals surface area (Å²) in [6.45, 7) is 5.09. The van der Waals surface area contributed by atoms with Crippen molar-refractivity contribution < 1.29 is 18.0 Å². The summed E-state index contributed by atoms with van der Waals surface area (Å²) in [5, 5.41) is 3.44. The number of nitrogens with zero attached hydrogens (tertiary/aromatic N) is 2. The monoisotopic (exact) mass is 695 g/mol. The molecule has 1 N–H and O–H groups in total. The highest BCUT2D eigenvalue weighted by Gasteiger charge is 2.34. The number of anilines is 1. The summed E-state index contributed by atoms with van der Waals surface area (Å²) in [4.78, 5) is 29.7. The van der Waals surface area contributed by atoms with Gasteiger partial charge in [0.1, 0.15) is 12.6 Å². The SMILES string of the molecule is Cc1ccc(S(=O)(=O)N(CC(=O)N(Cc2cccc(Cl)c2)[C@H](Cc2ccccc2)C(=O)NC(C)C)c2ccc(Br)cc2)cc1. The number of aryl methyl sites for hydroxylation is 1. The van der Waals surface area contributed by atoms with Crippen LogP contribution in [0, 0.1) is 6.92 Å². The second-order valence-corrected chi connectivity index (χ2v) is 14.0. The molecule has 4 aromatic carbocycles. The van der Waals surface area contributed by atoms with E-state index in [9.17, 15) is 18.0 Å². The van der Waals surface area contributed by atoms with Crippen LogP contribution in [-0.4, -0.2) is 43.8 Å². The molecule has 2 amide bonds. The fourth-order valence-electron chi connectivity index (χ4n) is 4.74. The molecule has 0 fully saturated rings. The maximum absolute atomic E-state index is 14.4. The van der Waals surface area contributed by atoms with Crippen LogP contribution >= 0.6 is 27.5 Å². The largest absolute Gasteiger partial charge is 0.352 e. The van der Waals surface area contributed by atoms with Crippen molar-refractivity contribution in [1.82, 2.24) is 10.2 Å². The first-order valence-corrected chi connectivity index (χ1v) is 16.8. The third-order valence-corrected chi connectivity index (χ3v) is 9.50.